The molecule has 2 aromatic rings. The number of carbonyl (C=O) groups is 1. The van der Waals surface area contributed by atoms with Gasteiger partial charge in [0.2, 0.25) is 0 Å². The molecule has 2 heterocycles. The number of hydrogen-bond donors (Lipinski definition) is 3. The highest BCUT2D eigenvalue weighted by Crippen LogP contribution is 2.37. The van der Waals surface area contributed by atoms with Gasteiger partial charge in [0, 0.05) is 24.3 Å². The molecule has 0 aliphatic carbocycles. The van der Waals surface area contributed by atoms with E-state index in [0.29, 0.717) is 37.2 Å². The molecule has 0 spiro atoms. The van der Waals surface area contributed by atoms with Crippen molar-refractivity contribution in [2.45, 2.75) is 32.5 Å². The number of nitrogens with one attached hydrogen (secondary N) is 3. The Kier molecular flexibility index (Phi) is 5.52. The van der Waals surface area contributed by atoms with Crippen molar-refractivity contribution in [3.63, 3.8) is 0 Å². The number of ether oxygens (including phenoxy) is 1. The minimum absolute atomic E-state index is 0.0869. The number of H-pyrrole nitrogens is 1. The standard InChI is InChI=1S/C18H21F3N4O2/c1-3-13-10(2)16(25-24-13)17(26)23-14-5-4-11(8-12(14)18(19,20)21)15-9-22-6-7-27-15/h4-5,8,15,22H,3,6-7,9H2,1-2H3,(H,23,26)(H,24,25). The van der Waals surface area contributed by atoms with E-state index in [2.05, 4.69) is 20.8 Å². The van der Waals surface area contributed by atoms with E-state index in [9.17, 15) is 18.0 Å². The Bertz CT molecular complexity index is 826. The molecule has 27 heavy (non-hydrogen) atoms. The molecule has 1 aliphatic heterocycles. The largest absolute Gasteiger partial charge is 0.418 e. The first-order chi connectivity index (χ1) is 12.8. The Morgan fingerprint density at radius 1 is 1.41 bits per heavy atom. The molecule has 6 nitrogen and oxygen atoms in total. The first-order valence-electron chi connectivity index (χ1n) is 8.70. The Morgan fingerprint density at radius 3 is 2.78 bits per heavy atom. The molecule has 1 aromatic heterocycles. The van der Waals surface area contributed by atoms with Crippen LogP contribution in [-0.4, -0.2) is 35.8 Å². The number of anilines is 1. The molecule has 0 radical (unpaired) electrons. The van der Waals surface area contributed by atoms with E-state index in [0.717, 1.165) is 11.8 Å². The van der Waals surface area contributed by atoms with E-state index < -0.39 is 23.8 Å². The van der Waals surface area contributed by atoms with Gasteiger partial charge in [-0.3, -0.25) is 9.89 Å². The Hall–Kier alpha value is -2.39. The molecule has 1 aliphatic rings. The lowest BCUT2D eigenvalue weighted by Crippen LogP contribution is -2.33. The second-order valence-electron chi connectivity index (χ2n) is 6.35. The van der Waals surface area contributed by atoms with Crippen molar-refractivity contribution < 1.29 is 22.7 Å². The van der Waals surface area contributed by atoms with Crippen LogP contribution in [0.3, 0.4) is 0 Å². The number of rotatable bonds is 4. The lowest BCUT2D eigenvalue weighted by Gasteiger charge is -2.25. The molecule has 1 saturated heterocycles. The average molecular weight is 382 g/mol. The molecule has 3 N–H and O–H groups in total. The van der Waals surface area contributed by atoms with Gasteiger partial charge in [-0.2, -0.15) is 18.3 Å². The zero-order valence-electron chi connectivity index (χ0n) is 15.0. The lowest BCUT2D eigenvalue weighted by atomic mass is 10.0. The number of alkyl halides is 3. The molecule has 1 amide bonds. The molecule has 1 unspecified atom stereocenters. The van der Waals surface area contributed by atoms with Crippen molar-refractivity contribution >= 4 is 11.6 Å². The number of nitrogens with zero attached hydrogens (tertiary/aromatic N) is 1. The number of hydrogen-bond acceptors (Lipinski definition) is 4. The van der Waals surface area contributed by atoms with Crippen LogP contribution in [0.25, 0.3) is 0 Å². The van der Waals surface area contributed by atoms with Crippen LogP contribution < -0.4 is 10.6 Å². The third-order valence-electron chi connectivity index (χ3n) is 4.58. The lowest BCUT2D eigenvalue weighted by molar-refractivity contribution is -0.137. The number of carbonyl (C=O) groups excluding carboxylic acids is 1. The SMILES string of the molecule is CCc1[nH]nc(C(=O)Nc2ccc(C3CNCCO3)cc2C(F)(F)F)c1C. The van der Waals surface area contributed by atoms with E-state index in [1.54, 1.807) is 6.92 Å². The molecular weight excluding hydrogens is 361 g/mol. The van der Waals surface area contributed by atoms with E-state index in [1.165, 1.54) is 12.1 Å². The predicted octanol–water partition coefficient (Wildman–Crippen LogP) is 3.21. The van der Waals surface area contributed by atoms with E-state index in [1.807, 2.05) is 6.92 Å². The maximum atomic E-state index is 13.6. The molecular formula is C18H21F3N4O2. The first-order valence-corrected chi connectivity index (χ1v) is 8.70. The van der Waals surface area contributed by atoms with E-state index in [-0.39, 0.29) is 11.4 Å². The summed E-state index contributed by atoms with van der Waals surface area (Å²) in [6.45, 7) is 5.14. The summed E-state index contributed by atoms with van der Waals surface area (Å²) in [6.07, 6.45) is -4.43. The van der Waals surface area contributed by atoms with Gasteiger partial charge in [0.15, 0.2) is 5.69 Å². The molecule has 0 saturated carbocycles. The Morgan fingerprint density at radius 2 is 2.19 bits per heavy atom. The molecule has 0 bridgehead atoms. The fraction of sp³-hybridized carbons (Fsp3) is 0.444. The second-order valence-corrected chi connectivity index (χ2v) is 6.35. The number of halogens is 3. The monoisotopic (exact) mass is 382 g/mol. The minimum atomic E-state index is -4.62. The van der Waals surface area contributed by atoms with Gasteiger partial charge in [-0.05, 0) is 31.0 Å². The van der Waals surface area contributed by atoms with Crippen molar-refractivity contribution in [1.29, 1.82) is 0 Å². The fourth-order valence-electron chi connectivity index (χ4n) is 3.07. The number of morpholine rings is 1. The maximum Gasteiger partial charge on any atom is 0.418 e. The van der Waals surface area contributed by atoms with Crippen LogP contribution in [0.4, 0.5) is 18.9 Å². The first kappa shape index (κ1) is 19.4. The second kappa shape index (κ2) is 7.69. The summed E-state index contributed by atoms with van der Waals surface area (Å²) in [6, 6.07) is 3.83. The van der Waals surface area contributed by atoms with Crippen LogP contribution in [0.5, 0.6) is 0 Å². The highest BCUT2D eigenvalue weighted by molar-refractivity contribution is 6.04. The Labute approximate surface area is 154 Å². The number of benzene rings is 1. The summed E-state index contributed by atoms with van der Waals surface area (Å²) in [7, 11) is 0. The van der Waals surface area contributed by atoms with Gasteiger partial charge in [0.05, 0.1) is 24.0 Å². The van der Waals surface area contributed by atoms with Gasteiger partial charge < -0.3 is 15.4 Å². The van der Waals surface area contributed by atoms with E-state index >= 15 is 0 Å². The number of aryl methyl sites for hydroxylation is 1. The molecule has 1 aromatic carbocycles. The van der Waals surface area contributed by atoms with Crippen molar-refractivity contribution in [3.05, 3.63) is 46.3 Å². The highest BCUT2D eigenvalue weighted by Gasteiger charge is 2.35. The summed E-state index contributed by atoms with van der Waals surface area (Å²) in [5.41, 5.74) is 0.683. The normalized spacial score (nSPS) is 17.7. The van der Waals surface area contributed by atoms with Gasteiger partial charge in [-0.25, -0.2) is 0 Å². The number of amides is 1. The fourth-order valence-corrected chi connectivity index (χ4v) is 3.07. The quantitative estimate of drug-likeness (QED) is 0.759. The average Bonchev–Trinajstić information content (AvgIpc) is 3.02. The summed E-state index contributed by atoms with van der Waals surface area (Å²) in [5, 5.41) is 12.1. The van der Waals surface area contributed by atoms with Gasteiger partial charge in [0.25, 0.3) is 5.91 Å². The predicted molar refractivity (Wildman–Crippen MR) is 93.7 cm³/mol. The summed E-state index contributed by atoms with van der Waals surface area (Å²) in [5.74, 6) is -0.683. The highest BCUT2D eigenvalue weighted by atomic mass is 19.4. The summed E-state index contributed by atoms with van der Waals surface area (Å²) < 4.78 is 46.2. The van der Waals surface area contributed by atoms with E-state index in [4.69, 9.17) is 4.74 Å². The number of aromatic nitrogens is 2. The van der Waals surface area contributed by atoms with Crippen molar-refractivity contribution in [2.75, 3.05) is 25.0 Å². The van der Waals surface area contributed by atoms with Crippen LogP contribution in [0.2, 0.25) is 0 Å². The topological polar surface area (TPSA) is 79.0 Å². The van der Waals surface area contributed by atoms with Crippen LogP contribution >= 0.6 is 0 Å². The molecule has 1 fully saturated rings. The number of aromatic amines is 1. The van der Waals surface area contributed by atoms with Crippen LogP contribution in [-0.2, 0) is 17.3 Å². The van der Waals surface area contributed by atoms with Crippen LogP contribution in [0, 0.1) is 6.92 Å². The molecule has 146 valence electrons. The third kappa shape index (κ3) is 4.14. The van der Waals surface area contributed by atoms with Crippen LogP contribution in [0.1, 0.15) is 45.9 Å². The smallest absolute Gasteiger partial charge is 0.371 e. The zero-order chi connectivity index (χ0) is 19.6. The maximum absolute atomic E-state index is 13.6. The summed E-state index contributed by atoms with van der Waals surface area (Å²) in [4.78, 5) is 12.4. The van der Waals surface area contributed by atoms with Gasteiger partial charge in [-0.1, -0.05) is 13.0 Å². The van der Waals surface area contributed by atoms with Crippen LogP contribution in [0.15, 0.2) is 18.2 Å². The summed E-state index contributed by atoms with van der Waals surface area (Å²) >= 11 is 0. The molecule has 9 heteroatoms. The van der Waals surface area contributed by atoms with Gasteiger partial charge >= 0.3 is 6.18 Å². The van der Waals surface area contributed by atoms with Crippen molar-refractivity contribution in [1.82, 2.24) is 15.5 Å². The Balaban J connectivity index is 1.89. The third-order valence-corrected chi connectivity index (χ3v) is 4.58. The van der Waals surface area contributed by atoms with Crippen molar-refractivity contribution in [3.8, 4) is 0 Å². The zero-order valence-corrected chi connectivity index (χ0v) is 15.0. The molecule has 3 rings (SSSR count). The van der Waals surface area contributed by atoms with Gasteiger partial charge in [-0.15, -0.1) is 0 Å². The van der Waals surface area contributed by atoms with Crippen molar-refractivity contribution in [2.24, 2.45) is 0 Å². The van der Waals surface area contributed by atoms with Gasteiger partial charge in [0.1, 0.15) is 0 Å². The molecule has 1 atom stereocenters. The minimum Gasteiger partial charge on any atom is -0.371 e.